The number of rotatable bonds is 4. The Labute approximate surface area is 147 Å². The zero-order chi connectivity index (χ0) is 18.8. The molecule has 0 fully saturated rings. The van der Waals surface area contributed by atoms with Crippen molar-refractivity contribution < 1.29 is 18.7 Å². The minimum atomic E-state index is -1.18. The van der Waals surface area contributed by atoms with E-state index < -0.39 is 27.4 Å². The van der Waals surface area contributed by atoms with Crippen LogP contribution in [0.3, 0.4) is 0 Å². The summed E-state index contributed by atoms with van der Waals surface area (Å²) in [6.07, 6.45) is 3.85. The van der Waals surface area contributed by atoms with Gasteiger partial charge in [-0.1, -0.05) is 0 Å². The van der Waals surface area contributed by atoms with Crippen molar-refractivity contribution >= 4 is 22.6 Å². The quantitative estimate of drug-likeness (QED) is 0.609. The minimum absolute atomic E-state index is 0.0799. The third kappa shape index (κ3) is 4.96. The van der Waals surface area contributed by atoms with Crippen molar-refractivity contribution in [2.45, 2.75) is 32.1 Å². The van der Waals surface area contributed by atoms with Crippen LogP contribution in [0.4, 0.5) is 10.5 Å². The molecule has 0 amide bonds. The van der Waals surface area contributed by atoms with E-state index in [1.807, 2.05) is 0 Å². The average Bonchev–Trinajstić information content (AvgIpc) is 2.94. The largest absolute Gasteiger partial charge is 0.442 e. The number of hydrogen-bond acceptors (Lipinski definition) is 6. The molecule has 0 spiro atoms. The molecule has 0 N–H and O–H groups in total. The minimum Gasteiger partial charge on any atom is -0.442 e. The smallest absolute Gasteiger partial charge is 0.435 e. The van der Waals surface area contributed by atoms with Crippen LogP contribution >= 0.6 is 0 Å². The number of benzene rings is 1. The van der Waals surface area contributed by atoms with E-state index in [-0.39, 0.29) is 11.4 Å². The van der Waals surface area contributed by atoms with Gasteiger partial charge in [0.15, 0.2) is 0 Å². The Kier molecular flexibility index (Phi) is 5.36. The van der Waals surface area contributed by atoms with Crippen LogP contribution in [0.25, 0.3) is 11.1 Å². The standard InChI is InChI=1S/C16H19N3O5S/c1-16(2,3)24-15(20)18-9-12(8-17-18)14-6-5-13(19(21)22)7-11(14)10-25(4)23/h5-9H,10H2,1-4H3. The maximum atomic E-state index is 12.1. The highest BCUT2D eigenvalue weighted by atomic mass is 32.2. The normalized spacial score (nSPS) is 12.6. The van der Waals surface area contributed by atoms with E-state index >= 15 is 0 Å². The van der Waals surface area contributed by atoms with Crippen LogP contribution in [0.2, 0.25) is 0 Å². The Bertz CT molecular complexity index is 839. The van der Waals surface area contributed by atoms with Gasteiger partial charge < -0.3 is 4.74 Å². The van der Waals surface area contributed by atoms with Gasteiger partial charge in [-0.15, -0.1) is 0 Å². The molecule has 1 heterocycles. The molecule has 25 heavy (non-hydrogen) atoms. The second-order valence-corrected chi connectivity index (χ2v) is 7.91. The summed E-state index contributed by atoms with van der Waals surface area (Å²) in [6.45, 7) is 5.25. The summed E-state index contributed by atoms with van der Waals surface area (Å²) in [5.41, 5.74) is 1.04. The molecule has 8 nitrogen and oxygen atoms in total. The summed E-state index contributed by atoms with van der Waals surface area (Å²) >= 11 is 0. The molecule has 0 aliphatic carbocycles. The predicted molar refractivity (Wildman–Crippen MR) is 93.7 cm³/mol. The fourth-order valence-electron chi connectivity index (χ4n) is 2.18. The van der Waals surface area contributed by atoms with Crippen LogP contribution in [-0.4, -0.2) is 36.9 Å². The number of nitro groups is 1. The lowest BCUT2D eigenvalue weighted by Crippen LogP contribution is -2.27. The van der Waals surface area contributed by atoms with E-state index in [1.54, 1.807) is 26.8 Å². The molecule has 9 heteroatoms. The molecule has 1 unspecified atom stereocenters. The maximum Gasteiger partial charge on any atom is 0.435 e. The molecule has 0 aliphatic rings. The summed E-state index contributed by atoms with van der Waals surface area (Å²) in [4.78, 5) is 22.5. The molecule has 1 aromatic carbocycles. The number of non-ortho nitro benzene ring substituents is 1. The number of ether oxygens (including phenoxy) is 1. The van der Waals surface area contributed by atoms with E-state index in [2.05, 4.69) is 5.10 Å². The first-order valence-electron chi connectivity index (χ1n) is 7.42. The van der Waals surface area contributed by atoms with Crippen molar-refractivity contribution in [1.82, 2.24) is 9.78 Å². The fraction of sp³-hybridized carbons (Fsp3) is 0.375. The van der Waals surface area contributed by atoms with Gasteiger partial charge in [-0.3, -0.25) is 14.3 Å². The van der Waals surface area contributed by atoms with Crippen LogP contribution in [0.1, 0.15) is 26.3 Å². The summed E-state index contributed by atoms with van der Waals surface area (Å²) in [5, 5.41) is 15.0. The van der Waals surface area contributed by atoms with E-state index in [9.17, 15) is 19.1 Å². The van der Waals surface area contributed by atoms with Gasteiger partial charge in [-0.05, 0) is 38.0 Å². The Morgan fingerprint density at radius 1 is 1.40 bits per heavy atom. The van der Waals surface area contributed by atoms with Gasteiger partial charge in [0.2, 0.25) is 0 Å². The number of aromatic nitrogens is 2. The van der Waals surface area contributed by atoms with E-state index in [1.165, 1.54) is 30.8 Å². The van der Waals surface area contributed by atoms with Gasteiger partial charge in [0.05, 0.1) is 11.1 Å². The van der Waals surface area contributed by atoms with Crippen molar-refractivity contribution in [3.8, 4) is 11.1 Å². The fourth-order valence-corrected chi connectivity index (χ4v) is 2.86. The van der Waals surface area contributed by atoms with E-state index in [0.29, 0.717) is 16.7 Å². The lowest BCUT2D eigenvalue weighted by Gasteiger charge is -2.18. The number of hydrogen-bond donors (Lipinski definition) is 0. The van der Waals surface area contributed by atoms with Crippen molar-refractivity contribution in [2.75, 3.05) is 6.26 Å². The van der Waals surface area contributed by atoms with E-state index in [0.717, 1.165) is 4.68 Å². The Balaban J connectivity index is 2.40. The SMILES string of the molecule is CS(=O)Cc1cc([N+](=O)[O-])ccc1-c1cnn(C(=O)OC(C)(C)C)c1. The highest BCUT2D eigenvalue weighted by Crippen LogP contribution is 2.28. The van der Waals surface area contributed by atoms with Gasteiger partial charge in [0, 0.05) is 46.7 Å². The van der Waals surface area contributed by atoms with Gasteiger partial charge in [0.1, 0.15) is 5.60 Å². The molecule has 1 atom stereocenters. The predicted octanol–water partition coefficient (Wildman–Crippen LogP) is 3.12. The second-order valence-electron chi connectivity index (χ2n) is 6.47. The Morgan fingerprint density at radius 3 is 2.64 bits per heavy atom. The number of nitro benzene ring substituents is 1. The topological polar surface area (TPSA) is 104 Å². The van der Waals surface area contributed by atoms with Crippen LogP contribution in [0.5, 0.6) is 0 Å². The highest BCUT2D eigenvalue weighted by molar-refractivity contribution is 7.83. The average molecular weight is 365 g/mol. The lowest BCUT2D eigenvalue weighted by atomic mass is 10.0. The first kappa shape index (κ1) is 18.8. The molecule has 0 bridgehead atoms. The molecule has 2 rings (SSSR count). The number of carbonyl (C=O) groups excluding carboxylic acids is 1. The summed E-state index contributed by atoms with van der Waals surface area (Å²) in [6, 6.07) is 4.32. The zero-order valence-electron chi connectivity index (χ0n) is 14.4. The summed E-state index contributed by atoms with van der Waals surface area (Å²) in [5.74, 6) is 0.161. The molecular formula is C16H19N3O5S. The van der Waals surface area contributed by atoms with Crippen molar-refractivity contribution in [1.29, 1.82) is 0 Å². The van der Waals surface area contributed by atoms with Crippen LogP contribution in [0.15, 0.2) is 30.6 Å². The summed E-state index contributed by atoms with van der Waals surface area (Å²) in [7, 11) is -1.18. The van der Waals surface area contributed by atoms with Crippen LogP contribution in [0, 0.1) is 10.1 Å². The van der Waals surface area contributed by atoms with Gasteiger partial charge in [-0.2, -0.15) is 9.78 Å². The first-order chi connectivity index (χ1) is 11.6. The molecule has 134 valence electrons. The summed E-state index contributed by atoms with van der Waals surface area (Å²) < 4.78 is 17.9. The number of nitrogens with zero attached hydrogens (tertiary/aromatic N) is 3. The first-order valence-corrected chi connectivity index (χ1v) is 9.15. The molecular weight excluding hydrogens is 346 g/mol. The molecule has 0 saturated heterocycles. The van der Waals surface area contributed by atoms with Gasteiger partial charge >= 0.3 is 6.09 Å². The molecule has 0 aliphatic heterocycles. The van der Waals surface area contributed by atoms with Crippen molar-refractivity contribution in [3.05, 3.63) is 46.3 Å². The monoisotopic (exact) mass is 365 g/mol. The van der Waals surface area contributed by atoms with Crippen molar-refractivity contribution in [3.63, 3.8) is 0 Å². The molecule has 1 aromatic heterocycles. The second kappa shape index (κ2) is 7.14. The van der Waals surface area contributed by atoms with Gasteiger partial charge in [0.25, 0.3) is 5.69 Å². The highest BCUT2D eigenvalue weighted by Gasteiger charge is 2.20. The number of carbonyl (C=O) groups is 1. The maximum absolute atomic E-state index is 12.1. The molecule has 0 saturated carbocycles. The molecule has 2 aromatic rings. The Morgan fingerprint density at radius 2 is 2.08 bits per heavy atom. The van der Waals surface area contributed by atoms with Gasteiger partial charge in [-0.25, -0.2) is 4.79 Å². The van der Waals surface area contributed by atoms with Crippen molar-refractivity contribution in [2.24, 2.45) is 0 Å². The lowest BCUT2D eigenvalue weighted by molar-refractivity contribution is -0.384. The van der Waals surface area contributed by atoms with Crippen LogP contribution < -0.4 is 0 Å². The Hall–Kier alpha value is -2.55. The third-order valence-electron chi connectivity index (χ3n) is 3.13. The zero-order valence-corrected chi connectivity index (χ0v) is 15.2. The van der Waals surface area contributed by atoms with E-state index in [4.69, 9.17) is 4.74 Å². The van der Waals surface area contributed by atoms with Crippen LogP contribution in [-0.2, 0) is 21.3 Å². The third-order valence-corrected chi connectivity index (χ3v) is 3.85. The molecule has 0 radical (unpaired) electrons.